The summed E-state index contributed by atoms with van der Waals surface area (Å²) >= 11 is 0. The number of amides is 2. The summed E-state index contributed by atoms with van der Waals surface area (Å²) in [5, 5.41) is 22.2. The fourth-order valence-electron chi connectivity index (χ4n) is 2.20. The van der Waals surface area contributed by atoms with Crippen LogP contribution in [0, 0.1) is 0 Å². The van der Waals surface area contributed by atoms with Crippen molar-refractivity contribution in [1.82, 2.24) is 24.9 Å². The third-order valence-corrected chi connectivity index (χ3v) is 3.57. The number of nitrogens with zero attached hydrogens (tertiary/aromatic N) is 4. The molecule has 0 aromatic carbocycles. The summed E-state index contributed by atoms with van der Waals surface area (Å²) in [5.74, 6) is -1.90. The van der Waals surface area contributed by atoms with Gasteiger partial charge in [-0.1, -0.05) is 0 Å². The summed E-state index contributed by atoms with van der Waals surface area (Å²) in [6, 6.07) is 1.47. The number of methoxy groups -OCH3 is 1. The highest BCUT2D eigenvalue weighted by molar-refractivity contribution is 6.07. The van der Waals surface area contributed by atoms with Crippen LogP contribution < -0.4 is 10.6 Å². The number of nitrogens with one attached hydrogen (secondary N) is 2. The SMILES string of the molecule is CCn1cc(NC(=O)c2ccn(CCC(=O)O)n2)c(C(=O)NCCOC)n1. The quantitative estimate of drug-likeness (QED) is 0.502. The van der Waals surface area contributed by atoms with Crippen LogP contribution in [0.1, 0.15) is 34.3 Å². The predicted octanol–water partition coefficient (Wildman–Crippen LogP) is 0.203. The van der Waals surface area contributed by atoms with Crippen LogP contribution in [-0.4, -0.2) is 62.7 Å². The molecule has 0 spiro atoms. The number of carboxylic acid groups (broad SMARTS) is 1. The van der Waals surface area contributed by atoms with Gasteiger partial charge in [-0.05, 0) is 13.0 Å². The summed E-state index contributed by atoms with van der Waals surface area (Å²) in [5.41, 5.74) is 0.457. The van der Waals surface area contributed by atoms with E-state index >= 15 is 0 Å². The largest absolute Gasteiger partial charge is 0.481 e. The van der Waals surface area contributed by atoms with Crippen molar-refractivity contribution in [2.75, 3.05) is 25.6 Å². The van der Waals surface area contributed by atoms with E-state index in [0.717, 1.165) is 0 Å². The van der Waals surface area contributed by atoms with E-state index in [1.165, 1.54) is 28.7 Å². The van der Waals surface area contributed by atoms with E-state index in [0.29, 0.717) is 19.7 Å². The highest BCUT2D eigenvalue weighted by Gasteiger charge is 2.20. The molecule has 0 aliphatic rings. The van der Waals surface area contributed by atoms with Crippen molar-refractivity contribution in [3.8, 4) is 0 Å². The topological polar surface area (TPSA) is 140 Å². The number of carbonyl (C=O) groups excluding carboxylic acids is 2. The minimum atomic E-state index is -0.951. The van der Waals surface area contributed by atoms with E-state index in [2.05, 4.69) is 20.8 Å². The van der Waals surface area contributed by atoms with E-state index in [9.17, 15) is 14.4 Å². The molecule has 27 heavy (non-hydrogen) atoms. The van der Waals surface area contributed by atoms with Crippen molar-refractivity contribution in [2.24, 2.45) is 0 Å². The Morgan fingerprint density at radius 3 is 2.67 bits per heavy atom. The average molecular weight is 378 g/mol. The maximum absolute atomic E-state index is 12.4. The second-order valence-corrected chi connectivity index (χ2v) is 5.56. The van der Waals surface area contributed by atoms with Gasteiger partial charge < -0.3 is 20.5 Å². The standard InChI is InChI=1S/C16H22N6O5/c1-3-21-10-12(14(20-21)16(26)17-6-9-27-2)18-15(25)11-4-7-22(19-11)8-5-13(23)24/h4,7,10H,3,5-6,8-9H2,1-2H3,(H,17,26)(H,18,25)(H,23,24). The third kappa shape index (κ3) is 5.64. The zero-order valence-corrected chi connectivity index (χ0v) is 15.1. The third-order valence-electron chi connectivity index (χ3n) is 3.57. The summed E-state index contributed by atoms with van der Waals surface area (Å²) in [4.78, 5) is 35.3. The number of aryl methyl sites for hydroxylation is 2. The lowest BCUT2D eigenvalue weighted by molar-refractivity contribution is -0.137. The van der Waals surface area contributed by atoms with Gasteiger partial charge in [-0.15, -0.1) is 0 Å². The first-order chi connectivity index (χ1) is 12.9. The highest BCUT2D eigenvalue weighted by atomic mass is 16.5. The van der Waals surface area contributed by atoms with Crippen LogP contribution in [0.15, 0.2) is 18.5 Å². The molecular weight excluding hydrogens is 356 g/mol. The first-order valence-electron chi connectivity index (χ1n) is 8.35. The summed E-state index contributed by atoms with van der Waals surface area (Å²) < 4.78 is 7.79. The molecule has 0 unspecified atom stereocenters. The van der Waals surface area contributed by atoms with Crippen molar-refractivity contribution >= 4 is 23.5 Å². The Morgan fingerprint density at radius 2 is 2.00 bits per heavy atom. The summed E-state index contributed by atoms with van der Waals surface area (Å²) in [6.07, 6.45) is 2.98. The summed E-state index contributed by atoms with van der Waals surface area (Å²) in [7, 11) is 1.53. The molecular formula is C16H22N6O5. The fraction of sp³-hybridized carbons (Fsp3) is 0.438. The molecule has 146 valence electrons. The van der Waals surface area contributed by atoms with Gasteiger partial charge in [0.1, 0.15) is 0 Å². The molecule has 2 aromatic rings. The number of anilines is 1. The van der Waals surface area contributed by atoms with Crippen LogP contribution in [0.2, 0.25) is 0 Å². The molecule has 11 heteroatoms. The molecule has 11 nitrogen and oxygen atoms in total. The van der Waals surface area contributed by atoms with Crippen LogP contribution in [0.5, 0.6) is 0 Å². The van der Waals surface area contributed by atoms with Crippen molar-refractivity contribution < 1.29 is 24.2 Å². The molecule has 3 N–H and O–H groups in total. The van der Waals surface area contributed by atoms with E-state index in [4.69, 9.17) is 9.84 Å². The molecule has 0 aliphatic carbocycles. The van der Waals surface area contributed by atoms with Crippen LogP contribution in [0.4, 0.5) is 5.69 Å². The van der Waals surface area contributed by atoms with E-state index in [-0.39, 0.29) is 30.0 Å². The second-order valence-electron chi connectivity index (χ2n) is 5.56. The van der Waals surface area contributed by atoms with Crippen LogP contribution in [0.25, 0.3) is 0 Å². The Labute approximate surface area is 155 Å². The number of aromatic nitrogens is 4. The molecule has 2 rings (SSSR count). The van der Waals surface area contributed by atoms with Gasteiger partial charge in [-0.3, -0.25) is 23.7 Å². The molecule has 0 radical (unpaired) electrons. The molecule has 2 aromatic heterocycles. The van der Waals surface area contributed by atoms with Crippen molar-refractivity contribution in [1.29, 1.82) is 0 Å². The first kappa shape index (κ1) is 20.1. The second kappa shape index (κ2) is 9.48. The molecule has 2 heterocycles. The fourth-order valence-corrected chi connectivity index (χ4v) is 2.20. The smallest absolute Gasteiger partial charge is 0.305 e. The van der Waals surface area contributed by atoms with Gasteiger partial charge in [-0.2, -0.15) is 10.2 Å². The zero-order valence-electron chi connectivity index (χ0n) is 15.1. The number of rotatable bonds is 10. The average Bonchev–Trinajstić information content (AvgIpc) is 3.27. The Bertz CT molecular complexity index is 812. The number of carbonyl (C=O) groups is 3. The van der Waals surface area contributed by atoms with E-state index in [1.807, 2.05) is 6.92 Å². The Morgan fingerprint density at radius 1 is 1.22 bits per heavy atom. The number of carboxylic acids is 1. The predicted molar refractivity (Wildman–Crippen MR) is 94.5 cm³/mol. The number of ether oxygens (including phenoxy) is 1. The maximum Gasteiger partial charge on any atom is 0.305 e. The van der Waals surface area contributed by atoms with Gasteiger partial charge in [0.15, 0.2) is 11.4 Å². The lowest BCUT2D eigenvalue weighted by Gasteiger charge is -2.05. The first-order valence-corrected chi connectivity index (χ1v) is 8.35. The van der Waals surface area contributed by atoms with Crippen molar-refractivity contribution in [2.45, 2.75) is 26.4 Å². The molecule has 0 saturated carbocycles. The van der Waals surface area contributed by atoms with Crippen molar-refractivity contribution in [3.63, 3.8) is 0 Å². The van der Waals surface area contributed by atoms with Gasteiger partial charge in [0.2, 0.25) is 0 Å². The van der Waals surface area contributed by atoms with E-state index < -0.39 is 17.8 Å². The van der Waals surface area contributed by atoms with Crippen LogP contribution in [0.3, 0.4) is 0 Å². The highest BCUT2D eigenvalue weighted by Crippen LogP contribution is 2.15. The van der Waals surface area contributed by atoms with Crippen LogP contribution in [-0.2, 0) is 22.6 Å². The van der Waals surface area contributed by atoms with Gasteiger partial charge in [0.05, 0.1) is 25.3 Å². The Hall–Kier alpha value is -3.21. The Kier molecular flexibility index (Phi) is 7.06. The van der Waals surface area contributed by atoms with Crippen molar-refractivity contribution in [3.05, 3.63) is 29.8 Å². The van der Waals surface area contributed by atoms with Crippen LogP contribution >= 0.6 is 0 Å². The molecule has 0 bridgehead atoms. The summed E-state index contributed by atoms with van der Waals surface area (Å²) in [6.45, 7) is 3.21. The van der Waals surface area contributed by atoms with Gasteiger partial charge in [-0.25, -0.2) is 0 Å². The molecule has 2 amide bonds. The van der Waals surface area contributed by atoms with Gasteiger partial charge in [0, 0.05) is 32.6 Å². The van der Waals surface area contributed by atoms with Gasteiger partial charge >= 0.3 is 5.97 Å². The minimum Gasteiger partial charge on any atom is -0.481 e. The molecule has 0 atom stereocenters. The molecule has 0 saturated heterocycles. The maximum atomic E-state index is 12.4. The molecule has 0 fully saturated rings. The van der Waals surface area contributed by atoms with E-state index in [1.54, 1.807) is 6.20 Å². The molecule has 0 aliphatic heterocycles. The lowest BCUT2D eigenvalue weighted by atomic mass is 10.3. The van der Waals surface area contributed by atoms with Gasteiger partial charge in [0.25, 0.3) is 11.8 Å². The zero-order chi connectivity index (χ0) is 19.8. The normalized spacial score (nSPS) is 10.6. The monoisotopic (exact) mass is 378 g/mol. The Balaban J connectivity index is 2.09. The number of hydrogen-bond donors (Lipinski definition) is 3. The number of aliphatic carboxylic acids is 1. The minimum absolute atomic E-state index is 0.0895. The lowest BCUT2D eigenvalue weighted by Crippen LogP contribution is -2.28. The number of hydrogen-bond acceptors (Lipinski definition) is 6.